The van der Waals surface area contributed by atoms with Gasteiger partial charge >= 0.3 is 5.97 Å². The Morgan fingerprint density at radius 3 is 2.11 bits per heavy atom. The highest BCUT2D eigenvalue weighted by atomic mass is 32.2. The van der Waals surface area contributed by atoms with Gasteiger partial charge in [-0.2, -0.15) is 0 Å². The van der Waals surface area contributed by atoms with Crippen LogP contribution in [0.25, 0.3) is 21.9 Å². The summed E-state index contributed by atoms with van der Waals surface area (Å²) in [4.78, 5) is 12.3. The molecule has 7 heteroatoms. The highest BCUT2D eigenvalue weighted by Gasteiger charge is 2.26. The molecule has 0 bridgehead atoms. The minimum absolute atomic E-state index is 0.0990. The van der Waals surface area contributed by atoms with Gasteiger partial charge in [0.1, 0.15) is 0 Å². The van der Waals surface area contributed by atoms with E-state index in [0.29, 0.717) is 5.69 Å². The molecular formula is C28H21NO4S2. The standard InChI is InChI=1S/C28H21NO4S2/c30-28(31)22-9-13-25(14-10-22)29(19-26-6-3-17-34-26)35(32,33)27-15-11-21(12-16-27)24-8-7-20-4-1-2-5-23(20)18-24/h1-18H,19H2,(H,30,31). The van der Waals surface area contributed by atoms with Gasteiger partial charge in [0.2, 0.25) is 0 Å². The average Bonchev–Trinajstić information content (AvgIpc) is 3.40. The number of aromatic carboxylic acids is 1. The average molecular weight is 500 g/mol. The maximum Gasteiger partial charge on any atom is 0.335 e. The molecule has 1 N–H and O–H groups in total. The molecule has 0 aliphatic rings. The summed E-state index contributed by atoms with van der Waals surface area (Å²) >= 11 is 1.47. The Labute approximate surface area is 207 Å². The highest BCUT2D eigenvalue weighted by Crippen LogP contribution is 2.30. The van der Waals surface area contributed by atoms with Crippen LogP contribution in [0, 0.1) is 0 Å². The minimum Gasteiger partial charge on any atom is -0.478 e. The van der Waals surface area contributed by atoms with Crippen molar-refractivity contribution in [3.63, 3.8) is 0 Å². The molecule has 174 valence electrons. The smallest absolute Gasteiger partial charge is 0.335 e. The first kappa shape index (κ1) is 22.8. The minimum atomic E-state index is -3.90. The zero-order valence-corrected chi connectivity index (χ0v) is 20.2. The number of nitrogens with zero attached hydrogens (tertiary/aromatic N) is 1. The summed E-state index contributed by atoms with van der Waals surface area (Å²) in [5, 5.41) is 13.4. The van der Waals surface area contributed by atoms with E-state index in [4.69, 9.17) is 0 Å². The summed E-state index contributed by atoms with van der Waals surface area (Å²) in [6.45, 7) is 0.152. The Hall–Kier alpha value is -3.94. The molecule has 5 nitrogen and oxygen atoms in total. The van der Waals surface area contributed by atoms with Crippen LogP contribution in [0.3, 0.4) is 0 Å². The van der Waals surface area contributed by atoms with E-state index >= 15 is 0 Å². The summed E-state index contributed by atoms with van der Waals surface area (Å²) < 4.78 is 28.7. The first-order chi connectivity index (χ1) is 16.9. The van der Waals surface area contributed by atoms with Gasteiger partial charge in [-0.25, -0.2) is 13.2 Å². The third-order valence-electron chi connectivity index (χ3n) is 5.81. The van der Waals surface area contributed by atoms with Gasteiger partial charge in [-0.3, -0.25) is 4.31 Å². The molecule has 0 unspecified atom stereocenters. The second-order valence-electron chi connectivity index (χ2n) is 8.03. The Morgan fingerprint density at radius 2 is 1.46 bits per heavy atom. The van der Waals surface area contributed by atoms with Gasteiger partial charge in [-0.1, -0.05) is 54.6 Å². The Balaban J connectivity index is 1.50. The van der Waals surface area contributed by atoms with Crippen molar-refractivity contribution in [3.05, 3.63) is 119 Å². The SMILES string of the molecule is O=C(O)c1ccc(N(Cc2cccs2)S(=O)(=O)c2ccc(-c3ccc4ccccc4c3)cc2)cc1. The normalized spacial score (nSPS) is 11.4. The van der Waals surface area contributed by atoms with Gasteiger partial charge < -0.3 is 5.11 Å². The maximum atomic E-state index is 13.7. The lowest BCUT2D eigenvalue weighted by atomic mass is 10.0. The largest absolute Gasteiger partial charge is 0.478 e. The first-order valence-electron chi connectivity index (χ1n) is 10.9. The third kappa shape index (κ3) is 4.69. The van der Waals surface area contributed by atoms with E-state index in [0.717, 1.165) is 26.8 Å². The molecular weight excluding hydrogens is 478 g/mol. The van der Waals surface area contributed by atoms with Crippen molar-refractivity contribution in [2.24, 2.45) is 0 Å². The molecule has 5 rings (SSSR count). The van der Waals surface area contributed by atoms with Crippen LogP contribution in [0.1, 0.15) is 15.2 Å². The van der Waals surface area contributed by atoms with Gasteiger partial charge in [0.15, 0.2) is 0 Å². The Kier molecular flexibility index (Phi) is 6.11. The fraction of sp³-hybridized carbons (Fsp3) is 0.0357. The number of fused-ring (bicyclic) bond motifs is 1. The fourth-order valence-corrected chi connectivity index (χ4v) is 6.16. The topological polar surface area (TPSA) is 74.7 Å². The molecule has 0 atom stereocenters. The van der Waals surface area contributed by atoms with Gasteiger partial charge in [-0.15, -0.1) is 11.3 Å². The summed E-state index contributed by atoms with van der Waals surface area (Å²) in [6.07, 6.45) is 0. The second-order valence-corrected chi connectivity index (χ2v) is 10.9. The molecule has 0 aliphatic carbocycles. The van der Waals surface area contributed by atoms with Crippen LogP contribution in [0.4, 0.5) is 5.69 Å². The number of thiophene rings is 1. The number of carboxylic acid groups (broad SMARTS) is 1. The van der Waals surface area contributed by atoms with Crippen molar-refractivity contribution in [1.82, 2.24) is 0 Å². The van der Waals surface area contributed by atoms with Gasteiger partial charge in [0.05, 0.1) is 22.7 Å². The van der Waals surface area contributed by atoms with Crippen LogP contribution in [-0.4, -0.2) is 19.5 Å². The molecule has 0 aliphatic heterocycles. The van der Waals surface area contributed by atoms with E-state index in [1.165, 1.54) is 39.9 Å². The summed E-state index contributed by atoms with van der Waals surface area (Å²) in [5.41, 5.74) is 2.43. The molecule has 0 saturated heterocycles. The van der Waals surface area contributed by atoms with Crippen molar-refractivity contribution in [2.75, 3.05) is 4.31 Å². The predicted octanol–water partition coefficient (Wildman–Crippen LogP) is 6.66. The van der Waals surface area contributed by atoms with Crippen molar-refractivity contribution >= 4 is 43.8 Å². The number of hydrogen-bond acceptors (Lipinski definition) is 4. The lowest BCUT2D eigenvalue weighted by Gasteiger charge is -2.24. The molecule has 0 radical (unpaired) electrons. The summed E-state index contributed by atoms with van der Waals surface area (Å²) in [5.74, 6) is -1.06. The predicted molar refractivity (Wildman–Crippen MR) is 140 cm³/mol. The Morgan fingerprint density at radius 1 is 0.771 bits per heavy atom. The highest BCUT2D eigenvalue weighted by molar-refractivity contribution is 7.92. The summed E-state index contributed by atoms with van der Waals surface area (Å²) in [6, 6.07) is 30.8. The molecule has 5 aromatic rings. The quantitative estimate of drug-likeness (QED) is 0.272. The number of hydrogen-bond donors (Lipinski definition) is 1. The van der Waals surface area contributed by atoms with Crippen molar-refractivity contribution < 1.29 is 18.3 Å². The fourth-order valence-electron chi connectivity index (χ4n) is 3.94. The number of benzene rings is 4. The molecule has 1 heterocycles. The second kappa shape index (κ2) is 9.37. The molecule has 0 spiro atoms. The lowest BCUT2D eigenvalue weighted by Crippen LogP contribution is -2.30. The van der Waals surface area contributed by atoms with Crippen LogP contribution >= 0.6 is 11.3 Å². The number of anilines is 1. The molecule has 0 fully saturated rings. The van der Waals surface area contributed by atoms with Crippen LogP contribution < -0.4 is 4.31 Å². The zero-order chi connectivity index (χ0) is 24.4. The zero-order valence-electron chi connectivity index (χ0n) is 18.5. The van der Waals surface area contributed by atoms with Crippen molar-refractivity contribution in [1.29, 1.82) is 0 Å². The number of rotatable bonds is 7. The number of carbonyl (C=O) groups is 1. The number of sulfonamides is 1. The first-order valence-corrected chi connectivity index (χ1v) is 13.2. The van der Waals surface area contributed by atoms with Crippen LogP contribution in [0.5, 0.6) is 0 Å². The molecule has 35 heavy (non-hydrogen) atoms. The van der Waals surface area contributed by atoms with E-state index < -0.39 is 16.0 Å². The van der Waals surface area contributed by atoms with E-state index in [9.17, 15) is 18.3 Å². The van der Waals surface area contributed by atoms with Crippen molar-refractivity contribution in [2.45, 2.75) is 11.4 Å². The van der Waals surface area contributed by atoms with Crippen LogP contribution in [0.2, 0.25) is 0 Å². The molecule has 4 aromatic carbocycles. The molecule has 0 saturated carbocycles. The summed E-state index contributed by atoms with van der Waals surface area (Å²) in [7, 11) is -3.90. The molecule has 0 amide bonds. The number of carboxylic acids is 1. The van der Waals surface area contributed by atoms with E-state index in [2.05, 4.69) is 24.3 Å². The lowest BCUT2D eigenvalue weighted by molar-refractivity contribution is 0.0697. The Bertz CT molecular complexity index is 1590. The van der Waals surface area contributed by atoms with E-state index in [1.807, 2.05) is 47.8 Å². The van der Waals surface area contributed by atoms with Crippen molar-refractivity contribution in [3.8, 4) is 11.1 Å². The van der Waals surface area contributed by atoms with Gasteiger partial charge in [0.25, 0.3) is 10.0 Å². The molecule has 1 aromatic heterocycles. The van der Waals surface area contributed by atoms with Gasteiger partial charge in [0, 0.05) is 4.88 Å². The van der Waals surface area contributed by atoms with Gasteiger partial charge in [-0.05, 0) is 75.8 Å². The third-order valence-corrected chi connectivity index (χ3v) is 8.46. The maximum absolute atomic E-state index is 13.7. The monoisotopic (exact) mass is 499 g/mol. The van der Waals surface area contributed by atoms with E-state index in [1.54, 1.807) is 12.1 Å². The van der Waals surface area contributed by atoms with Crippen LogP contribution in [0.15, 0.2) is 113 Å². The van der Waals surface area contributed by atoms with E-state index in [-0.39, 0.29) is 17.0 Å². The van der Waals surface area contributed by atoms with Crippen LogP contribution in [-0.2, 0) is 16.6 Å².